The second-order valence-corrected chi connectivity index (χ2v) is 12.2. The molecule has 0 unspecified atom stereocenters. The van der Waals surface area contributed by atoms with Crippen LogP contribution in [0.4, 0.5) is 5.13 Å². The standard InChI is InChI=1S/C27H37ClN4O4S2/c1-6-16-31(17-7-2)38(34,35)21-12-10-20(11-13-21)26(33)32(19-18-30(8-3)9-4)27-29-24-23(36-5)15-14-22(28)25(24)37-27/h10-15H,6-9,16-19H2,1-5H3. The Balaban J connectivity index is 1.98. The highest BCUT2D eigenvalue weighted by molar-refractivity contribution is 7.89. The fourth-order valence-corrected chi connectivity index (χ4v) is 7.12. The van der Waals surface area contributed by atoms with Crippen LogP contribution in [0.3, 0.4) is 0 Å². The second-order valence-electron chi connectivity index (χ2n) is 8.84. The molecule has 0 saturated heterocycles. The summed E-state index contributed by atoms with van der Waals surface area (Å²) in [5.74, 6) is 0.329. The van der Waals surface area contributed by atoms with Crippen LogP contribution < -0.4 is 9.64 Å². The van der Waals surface area contributed by atoms with Gasteiger partial charge in [0.1, 0.15) is 11.3 Å². The summed E-state index contributed by atoms with van der Waals surface area (Å²) < 4.78 is 34.1. The smallest absolute Gasteiger partial charge is 0.260 e. The zero-order chi connectivity index (χ0) is 27.9. The molecular formula is C27H37ClN4O4S2. The third kappa shape index (κ3) is 6.66. The van der Waals surface area contributed by atoms with Crippen molar-refractivity contribution in [3.05, 3.63) is 47.0 Å². The molecule has 8 nitrogen and oxygen atoms in total. The molecule has 1 aromatic heterocycles. The van der Waals surface area contributed by atoms with Gasteiger partial charge in [0, 0.05) is 31.7 Å². The van der Waals surface area contributed by atoms with Crippen molar-refractivity contribution < 1.29 is 17.9 Å². The molecule has 2 aromatic carbocycles. The summed E-state index contributed by atoms with van der Waals surface area (Å²) in [6, 6.07) is 9.71. The lowest BCUT2D eigenvalue weighted by atomic mass is 10.2. The van der Waals surface area contributed by atoms with Crippen LogP contribution in [0.25, 0.3) is 10.2 Å². The molecule has 0 bridgehead atoms. The molecule has 38 heavy (non-hydrogen) atoms. The maximum absolute atomic E-state index is 13.8. The van der Waals surface area contributed by atoms with Crippen LogP contribution in [0.2, 0.25) is 5.02 Å². The Hall–Kier alpha value is -2.24. The molecule has 1 heterocycles. The largest absolute Gasteiger partial charge is 0.494 e. The Morgan fingerprint density at radius 1 is 0.947 bits per heavy atom. The van der Waals surface area contributed by atoms with Gasteiger partial charge in [0.05, 0.1) is 21.7 Å². The molecule has 0 N–H and O–H groups in total. The average Bonchev–Trinajstić information content (AvgIpc) is 3.37. The number of fused-ring (bicyclic) bond motifs is 1. The molecule has 0 atom stereocenters. The van der Waals surface area contributed by atoms with Gasteiger partial charge in [0.15, 0.2) is 5.13 Å². The van der Waals surface area contributed by atoms with Gasteiger partial charge < -0.3 is 9.64 Å². The number of amides is 1. The highest BCUT2D eigenvalue weighted by Gasteiger charge is 2.26. The lowest BCUT2D eigenvalue weighted by Crippen LogP contribution is -2.39. The Morgan fingerprint density at radius 3 is 2.13 bits per heavy atom. The number of halogens is 1. The topological polar surface area (TPSA) is 83.1 Å². The summed E-state index contributed by atoms with van der Waals surface area (Å²) in [7, 11) is -2.06. The first-order valence-electron chi connectivity index (χ1n) is 13.0. The van der Waals surface area contributed by atoms with E-state index in [-0.39, 0.29) is 10.8 Å². The fourth-order valence-electron chi connectivity index (χ4n) is 4.21. The number of nitrogens with zero attached hydrogens (tertiary/aromatic N) is 4. The third-order valence-electron chi connectivity index (χ3n) is 6.36. The second kappa shape index (κ2) is 13.7. The molecule has 3 aromatic rings. The van der Waals surface area contributed by atoms with Crippen molar-refractivity contribution in [3.8, 4) is 5.75 Å². The van der Waals surface area contributed by atoms with Crippen molar-refractivity contribution >= 4 is 54.2 Å². The number of hydrogen-bond acceptors (Lipinski definition) is 7. The molecule has 0 spiro atoms. The number of methoxy groups -OCH3 is 1. The fraction of sp³-hybridized carbons (Fsp3) is 0.481. The summed E-state index contributed by atoms with van der Waals surface area (Å²) in [5.41, 5.74) is 0.993. The van der Waals surface area contributed by atoms with Crippen molar-refractivity contribution in [2.75, 3.05) is 51.3 Å². The predicted molar refractivity (Wildman–Crippen MR) is 156 cm³/mol. The van der Waals surface area contributed by atoms with E-state index >= 15 is 0 Å². The van der Waals surface area contributed by atoms with Crippen LogP contribution in [-0.2, 0) is 10.0 Å². The molecule has 11 heteroatoms. The number of rotatable bonds is 14. The molecule has 0 aliphatic heterocycles. The Labute approximate surface area is 235 Å². The number of hydrogen-bond donors (Lipinski definition) is 0. The quantitative estimate of drug-likeness (QED) is 0.241. The number of carbonyl (C=O) groups excluding carboxylic acids is 1. The van der Waals surface area contributed by atoms with Gasteiger partial charge in [-0.05, 0) is 62.3 Å². The number of anilines is 1. The van der Waals surface area contributed by atoms with Crippen molar-refractivity contribution in [2.24, 2.45) is 0 Å². The SMILES string of the molecule is CCCN(CCC)S(=O)(=O)c1ccc(C(=O)N(CCN(CC)CC)c2nc3c(OC)ccc(Cl)c3s2)cc1. The van der Waals surface area contributed by atoms with E-state index in [4.69, 9.17) is 21.3 Å². The molecule has 0 aliphatic rings. The maximum atomic E-state index is 13.8. The number of sulfonamides is 1. The minimum absolute atomic E-state index is 0.183. The van der Waals surface area contributed by atoms with Gasteiger partial charge in [-0.15, -0.1) is 0 Å². The number of thiazole rings is 1. The highest BCUT2D eigenvalue weighted by Crippen LogP contribution is 2.39. The van der Waals surface area contributed by atoms with Crippen LogP contribution in [-0.4, -0.2) is 74.9 Å². The first-order chi connectivity index (χ1) is 18.2. The van der Waals surface area contributed by atoms with Crippen LogP contribution in [0.5, 0.6) is 5.75 Å². The van der Waals surface area contributed by atoms with Gasteiger partial charge in [0.2, 0.25) is 10.0 Å². The van der Waals surface area contributed by atoms with Gasteiger partial charge >= 0.3 is 0 Å². The minimum Gasteiger partial charge on any atom is -0.494 e. The molecular weight excluding hydrogens is 544 g/mol. The van der Waals surface area contributed by atoms with Gasteiger partial charge in [-0.2, -0.15) is 4.31 Å². The zero-order valence-corrected chi connectivity index (χ0v) is 25.1. The first kappa shape index (κ1) is 30.3. The molecule has 0 aliphatic carbocycles. The molecule has 0 saturated carbocycles. The van der Waals surface area contributed by atoms with Crippen LogP contribution in [0, 0.1) is 0 Å². The van der Waals surface area contributed by atoms with E-state index in [1.54, 1.807) is 36.3 Å². The number of aromatic nitrogens is 1. The first-order valence-corrected chi connectivity index (χ1v) is 15.6. The van der Waals surface area contributed by atoms with E-state index in [9.17, 15) is 13.2 Å². The Kier molecular flexibility index (Phi) is 10.9. The molecule has 3 rings (SSSR count). The van der Waals surface area contributed by atoms with E-state index < -0.39 is 10.0 Å². The van der Waals surface area contributed by atoms with Gasteiger partial charge in [-0.25, -0.2) is 13.4 Å². The normalized spacial score (nSPS) is 12.0. The summed E-state index contributed by atoms with van der Waals surface area (Å²) in [4.78, 5) is 22.6. The lowest BCUT2D eigenvalue weighted by Gasteiger charge is -2.25. The van der Waals surface area contributed by atoms with Crippen molar-refractivity contribution in [1.82, 2.24) is 14.2 Å². The van der Waals surface area contributed by atoms with Crippen molar-refractivity contribution in [2.45, 2.75) is 45.4 Å². The summed E-state index contributed by atoms with van der Waals surface area (Å²) >= 11 is 7.78. The maximum Gasteiger partial charge on any atom is 0.260 e. The predicted octanol–water partition coefficient (Wildman–Crippen LogP) is 5.76. The van der Waals surface area contributed by atoms with Crippen LogP contribution in [0.15, 0.2) is 41.3 Å². The molecule has 0 fully saturated rings. The zero-order valence-electron chi connectivity index (χ0n) is 22.7. The number of benzene rings is 2. The minimum atomic E-state index is -3.64. The Morgan fingerprint density at radius 2 is 1.58 bits per heavy atom. The van der Waals surface area contributed by atoms with Gasteiger partial charge in [-0.3, -0.25) is 9.69 Å². The Bertz CT molecular complexity index is 1320. The molecule has 0 radical (unpaired) electrons. The summed E-state index contributed by atoms with van der Waals surface area (Å²) in [6.07, 6.45) is 1.46. The number of ether oxygens (including phenoxy) is 1. The monoisotopic (exact) mass is 580 g/mol. The van der Waals surface area contributed by atoms with Gasteiger partial charge in [-0.1, -0.05) is 50.6 Å². The van der Waals surface area contributed by atoms with E-state index in [1.165, 1.54) is 27.8 Å². The highest BCUT2D eigenvalue weighted by atomic mass is 35.5. The van der Waals surface area contributed by atoms with Gasteiger partial charge in [0.25, 0.3) is 5.91 Å². The van der Waals surface area contributed by atoms with E-state index in [1.807, 2.05) is 13.8 Å². The van der Waals surface area contributed by atoms with Crippen LogP contribution >= 0.6 is 22.9 Å². The molecule has 208 valence electrons. The number of carbonyl (C=O) groups is 1. The summed E-state index contributed by atoms with van der Waals surface area (Å²) in [6.45, 7) is 11.8. The molecule has 1 amide bonds. The van der Waals surface area contributed by atoms with Crippen molar-refractivity contribution in [3.63, 3.8) is 0 Å². The van der Waals surface area contributed by atoms with E-state index in [0.29, 0.717) is 53.2 Å². The lowest BCUT2D eigenvalue weighted by molar-refractivity contribution is 0.0983. The third-order valence-corrected chi connectivity index (χ3v) is 9.81. The van der Waals surface area contributed by atoms with Crippen LogP contribution in [0.1, 0.15) is 50.9 Å². The summed E-state index contributed by atoms with van der Waals surface area (Å²) in [5, 5.41) is 1.05. The van der Waals surface area contributed by atoms with E-state index in [2.05, 4.69) is 18.7 Å². The van der Waals surface area contributed by atoms with E-state index in [0.717, 1.165) is 30.6 Å². The van der Waals surface area contributed by atoms with Crippen molar-refractivity contribution in [1.29, 1.82) is 0 Å². The number of likely N-dealkylation sites (N-methyl/N-ethyl adjacent to an activating group) is 1. The average molecular weight is 581 g/mol.